The van der Waals surface area contributed by atoms with Crippen LogP contribution in [0.3, 0.4) is 0 Å². The third kappa shape index (κ3) is 3.78. The van der Waals surface area contributed by atoms with Gasteiger partial charge in [-0.05, 0) is 37.1 Å². The molecule has 0 aliphatic heterocycles. The first-order valence-electron chi connectivity index (χ1n) is 6.09. The van der Waals surface area contributed by atoms with Crippen molar-refractivity contribution in [1.29, 1.82) is 0 Å². The number of carbonyl (C=O) groups is 1. The fourth-order valence-electron chi connectivity index (χ4n) is 1.86. The highest BCUT2D eigenvalue weighted by molar-refractivity contribution is 7.98. The smallest absolute Gasteiger partial charge is 0.252 e. The van der Waals surface area contributed by atoms with Crippen molar-refractivity contribution in [3.8, 4) is 0 Å². The molecule has 1 aliphatic carbocycles. The molecule has 0 radical (unpaired) electrons. The molecule has 104 valence electrons. The van der Waals surface area contributed by atoms with Gasteiger partial charge in [-0.3, -0.25) is 4.79 Å². The second kappa shape index (κ2) is 6.35. The Labute approximate surface area is 127 Å². The Hall–Kier alpha value is -0.420. The van der Waals surface area contributed by atoms with Crippen LogP contribution in [0.2, 0.25) is 10.0 Å². The molecule has 19 heavy (non-hydrogen) atoms. The summed E-state index contributed by atoms with van der Waals surface area (Å²) in [6.45, 7) is 0.483. The van der Waals surface area contributed by atoms with Gasteiger partial charge in [-0.1, -0.05) is 23.2 Å². The van der Waals surface area contributed by atoms with E-state index in [2.05, 4.69) is 5.32 Å². The summed E-state index contributed by atoms with van der Waals surface area (Å²) in [4.78, 5) is 12.9. The molecule has 1 unspecified atom stereocenters. The van der Waals surface area contributed by atoms with Crippen LogP contribution in [0.5, 0.6) is 0 Å². The van der Waals surface area contributed by atoms with Crippen molar-refractivity contribution in [3.05, 3.63) is 27.7 Å². The van der Waals surface area contributed by atoms with Gasteiger partial charge < -0.3 is 11.1 Å². The molecular formula is C13H16Cl2N2OS. The number of nitrogens with two attached hydrogens (primary N) is 1. The van der Waals surface area contributed by atoms with E-state index in [0.717, 1.165) is 17.7 Å². The van der Waals surface area contributed by atoms with Crippen molar-refractivity contribution in [2.24, 2.45) is 11.7 Å². The number of carbonyl (C=O) groups excluding carboxylic acids is 1. The number of amides is 1. The van der Waals surface area contributed by atoms with E-state index in [4.69, 9.17) is 28.9 Å². The monoisotopic (exact) mass is 318 g/mol. The average molecular weight is 319 g/mol. The van der Waals surface area contributed by atoms with E-state index in [9.17, 15) is 4.79 Å². The average Bonchev–Trinajstić information content (AvgIpc) is 3.20. The van der Waals surface area contributed by atoms with Gasteiger partial charge in [-0.25, -0.2) is 0 Å². The highest BCUT2D eigenvalue weighted by Gasteiger charge is 2.28. The second-order valence-corrected chi connectivity index (χ2v) is 6.34. The highest BCUT2D eigenvalue weighted by atomic mass is 35.5. The number of hydrogen-bond acceptors (Lipinski definition) is 3. The summed E-state index contributed by atoms with van der Waals surface area (Å²) < 4.78 is 0. The standard InChI is InChI=1S/C13H16Cl2N2OS/c1-19-12-4-8(9(14)5-10(12)15)13(18)17-6-11(16)7-2-3-7/h4-5,7,11H,2-3,6,16H2,1H3,(H,17,18). The summed E-state index contributed by atoms with van der Waals surface area (Å²) >= 11 is 13.6. The SMILES string of the molecule is CSc1cc(C(=O)NCC(N)C2CC2)c(Cl)cc1Cl. The largest absolute Gasteiger partial charge is 0.350 e. The van der Waals surface area contributed by atoms with Crippen LogP contribution in [0, 0.1) is 5.92 Å². The molecule has 1 aromatic rings. The molecule has 1 aromatic carbocycles. The molecular weight excluding hydrogens is 303 g/mol. The molecule has 0 saturated heterocycles. The predicted molar refractivity (Wildman–Crippen MR) is 81.3 cm³/mol. The summed E-state index contributed by atoms with van der Waals surface area (Å²) in [5.41, 5.74) is 6.39. The predicted octanol–water partition coefficient (Wildman–Crippen LogP) is 3.18. The van der Waals surface area contributed by atoms with E-state index in [-0.39, 0.29) is 11.9 Å². The Morgan fingerprint density at radius 2 is 2.16 bits per heavy atom. The number of halogens is 2. The molecule has 0 bridgehead atoms. The molecule has 3 nitrogen and oxygen atoms in total. The topological polar surface area (TPSA) is 55.1 Å². The molecule has 2 rings (SSSR count). The zero-order chi connectivity index (χ0) is 14.0. The number of hydrogen-bond donors (Lipinski definition) is 2. The molecule has 3 N–H and O–H groups in total. The van der Waals surface area contributed by atoms with Gasteiger partial charge in [0.05, 0.1) is 15.6 Å². The van der Waals surface area contributed by atoms with Crippen LogP contribution < -0.4 is 11.1 Å². The van der Waals surface area contributed by atoms with Crippen LogP contribution in [0.4, 0.5) is 0 Å². The van der Waals surface area contributed by atoms with Crippen molar-refractivity contribution in [1.82, 2.24) is 5.32 Å². The van der Waals surface area contributed by atoms with Crippen LogP contribution >= 0.6 is 35.0 Å². The van der Waals surface area contributed by atoms with Crippen LogP contribution in [0.1, 0.15) is 23.2 Å². The van der Waals surface area contributed by atoms with Gasteiger partial charge in [0.1, 0.15) is 0 Å². The van der Waals surface area contributed by atoms with E-state index >= 15 is 0 Å². The van der Waals surface area contributed by atoms with Crippen LogP contribution in [0.25, 0.3) is 0 Å². The lowest BCUT2D eigenvalue weighted by Gasteiger charge is -2.13. The molecule has 0 heterocycles. The van der Waals surface area contributed by atoms with Crippen LogP contribution in [-0.4, -0.2) is 24.7 Å². The van der Waals surface area contributed by atoms with Gasteiger partial charge in [0, 0.05) is 17.5 Å². The lowest BCUT2D eigenvalue weighted by Crippen LogP contribution is -2.38. The summed E-state index contributed by atoms with van der Waals surface area (Å²) in [7, 11) is 0. The van der Waals surface area contributed by atoms with Gasteiger partial charge in [0.25, 0.3) is 5.91 Å². The van der Waals surface area contributed by atoms with E-state index in [1.54, 1.807) is 12.1 Å². The normalized spacial score (nSPS) is 16.2. The molecule has 1 amide bonds. The molecule has 0 spiro atoms. The number of nitrogens with one attached hydrogen (secondary N) is 1. The van der Waals surface area contributed by atoms with E-state index in [1.807, 2.05) is 6.26 Å². The third-order valence-electron chi connectivity index (χ3n) is 3.21. The maximum Gasteiger partial charge on any atom is 0.252 e. The van der Waals surface area contributed by atoms with Crippen molar-refractivity contribution >= 4 is 40.9 Å². The maximum absolute atomic E-state index is 12.1. The zero-order valence-corrected chi connectivity index (χ0v) is 12.9. The van der Waals surface area contributed by atoms with Gasteiger partial charge in [0.15, 0.2) is 0 Å². The first-order valence-corrected chi connectivity index (χ1v) is 8.07. The van der Waals surface area contributed by atoms with Crippen molar-refractivity contribution in [2.75, 3.05) is 12.8 Å². The minimum absolute atomic E-state index is 0.0371. The minimum atomic E-state index is -0.201. The molecule has 1 aliphatic rings. The minimum Gasteiger partial charge on any atom is -0.350 e. The van der Waals surface area contributed by atoms with Crippen molar-refractivity contribution < 1.29 is 4.79 Å². The Kier molecular flexibility index (Phi) is 5.01. The Morgan fingerprint density at radius 1 is 1.47 bits per heavy atom. The third-order valence-corrected chi connectivity index (χ3v) is 4.73. The lowest BCUT2D eigenvalue weighted by molar-refractivity contribution is 0.0950. The molecule has 1 saturated carbocycles. The van der Waals surface area contributed by atoms with E-state index < -0.39 is 0 Å². The Morgan fingerprint density at radius 3 is 2.74 bits per heavy atom. The summed E-state index contributed by atoms with van der Waals surface area (Å²) in [5.74, 6) is 0.357. The molecule has 1 atom stereocenters. The van der Waals surface area contributed by atoms with Crippen LogP contribution in [-0.2, 0) is 0 Å². The molecule has 6 heteroatoms. The fraction of sp³-hybridized carbons (Fsp3) is 0.462. The van der Waals surface area contributed by atoms with Gasteiger partial charge in [-0.15, -0.1) is 11.8 Å². The number of rotatable bonds is 5. The van der Waals surface area contributed by atoms with E-state index in [1.165, 1.54) is 11.8 Å². The fourth-order valence-corrected chi connectivity index (χ4v) is 3.05. The molecule has 0 aromatic heterocycles. The first-order chi connectivity index (χ1) is 9.02. The lowest BCUT2D eigenvalue weighted by atomic mass is 10.1. The Balaban J connectivity index is 2.05. The van der Waals surface area contributed by atoms with Gasteiger partial charge in [-0.2, -0.15) is 0 Å². The van der Waals surface area contributed by atoms with Crippen molar-refractivity contribution in [2.45, 2.75) is 23.8 Å². The maximum atomic E-state index is 12.1. The first kappa shape index (κ1) is 15.0. The second-order valence-electron chi connectivity index (χ2n) is 4.68. The van der Waals surface area contributed by atoms with Crippen LogP contribution in [0.15, 0.2) is 17.0 Å². The number of benzene rings is 1. The van der Waals surface area contributed by atoms with Gasteiger partial charge >= 0.3 is 0 Å². The Bertz CT molecular complexity index is 492. The quantitative estimate of drug-likeness (QED) is 0.820. The number of thioether (sulfide) groups is 1. The summed E-state index contributed by atoms with van der Waals surface area (Å²) in [5, 5.41) is 3.75. The zero-order valence-electron chi connectivity index (χ0n) is 10.6. The summed E-state index contributed by atoms with van der Waals surface area (Å²) in [6, 6.07) is 3.35. The van der Waals surface area contributed by atoms with Gasteiger partial charge in [0.2, 0.25) is 0 Å². The van der Waals surface area contributed by atoms with E-state index in [0.29, 0.717) is 28.1 Å². The van der Waals surface area contributed by atoms with Crippen molar-refractivity contribution in [3.63, 3.8) is 0 Å². The summed E-state index contributed by atoms with van der Waals surface area (Å²) in [6.07, 6.45) is 4.23. The highest BCUT2D eigenvalue weighted by Crippen LogP contribution is 2.32. The molecule has 1 fully saturated rings.